The van der Waals surface area contributed by atoms with Crippen LogP contribution in [-0.2, 0) is 16.0 Å². The van der Waals surface area contributed by atoms with Crippen molar-refractivity contribution >= 4 is 11.7 Å². The lowest BCUT2D eigenvalue weighted by Crippen LogP contribution is -2.42. The molecule has 2 aliphatic heterocycles. The monoisotopic (exact) mass is 231 g/mol. The molecule has 0 N–H and O–H groups in total. The summed E-state index contributed by atoms with van der Waals surface area (Å²) in [5, 5.41) is 0. The quantitative estimate of drug-likeness (QED) is 0.642. The van der Waals surface area contributed by atoms with E-state index in [4.69, 9.17) is 4.74 Å². The van der Waals surface area contributed by atoms with Gasteiger partial charge in [-0.1, -0.05) is 39.0 Å². The van der Waals surface area contributed by atoms with Crippen LogP contribution in [0.2, 0.25) is 0 Å². The molecule has 0 bridgehead atoms. The molecule has 0 amide bonds. The zero-order chi connectivity index (χ0) is 12.2. The Bertz CT molecular complexity index is 475. The molecule has 1 fully saturated rings. The highest BCUT2D eigenvalue weighted by molar-refractivity contribution is 5.87. The Morgan fingerprint density at radius 2 is 2.00 bits per heavy atom. The van der Waals surface area contributed by atoms with E-state index in [1.54, 1.807) is 0 Å². The summed E-state index contributed by atoms with van der Waals surface area (Å²) < 4.78 is 5.54. The van der Waals surface area contributed by atoms with E-state index in [1.165, 1.54) is 5.56 Å². The van der Waals surface area contributed by atoms with Crippen LogP contribution in [0.4, 0.5) is 5.69 Å². The van der Waals surface area contributed by atoms with E-state index in [0.29, 0.717) is 0 Å². The van der Waals surface area contributed by atoms with Gasteiger partial charge in [-0.25, -0.2) is 4.79 Å². The van der Waals surface area contributed by atoms with E-state index >= 15 is 0 Å². The molecule has 3 rings (SSSR count). The van der Waals surface area contributed by atoms with Gasteiger partial charge >= 0.3 is 5.97 Å². The zero-order valence-electron chi connectivity index (χ0n) is 10.4. The normalized spacial score (nSPS) is 26.8. The molecule has 1 saturated heterocycles. The van der Waals surface area contributed by atoms with Crippen molar-refractivity contribution in [2.75, 3.05) is 4.90 Å². The number of para-hydroxylation sites is 1. The molecule has 2 heterocycles. The number of anilines is 1. The fraction of sp³-hybridized carbons (Fsp3) is 0.500. The third-order valence-corrected chi connectivity index (χ3v) is 3.51. The van der Waals surface area contributed by atoms with Gasteiger partial charge in [0.15, 0.2) is 6.23 Å². The van der Waals surface area contributed by atoms with E-state index < -0.39 is 0 Å². The number of fused-ring (bicyclic) bond motifs is 3. The minimum absolute atomic E-state index is 0.0676. The third-order valence-electron chi connectivity index (χ3n) is 3.51. The van der Waals surface area contributed by atoms with Gasteiger partial charge < -0.3 is 9.64 Å². The maximum Gasteiger partial charge on any atom is 0.331 e. The molecule has 1 aromatic carbocycles. The summed E-state index contributed by atoms with van der Waals surface area (Å²) >= 11 is 0. The zero-order valence-corrected chi connectivity index (χ0v) is 10.4. The molecule has 0 radical (unpaired) electrons. The van der Waals surface area contributed by atoms with Crippen LogP contribution in [0.5, 0.6) is 0 Å². The van der Waals surface area contributed by atoms with Crippen molar-refractivity contribution in [1.82, 2.24) is 0 Å². The van der Waals surface area contributed by atoms with Gasteiger partial charge in [0, 0.05) is 17.5 Å². The molecule has 0 spiro atoms. The summed E-state index contributed by atoms with van der Waals surface area (Å²) in [6.45, 7) is 6.32. The van der Waals surface area contributed by atoms with E-state index in [1.807, 2.05) is 12.1 Å². The average Bonchev–Trinajstić information content (AvgIpc) is 2.76. The molecule has 2 unspecified atom stereocenters. The number of ether oxygens (including phenoxy) is 1. The van der Waals surface area contributed by atoms with E-state index in [9.17, 15) is 4.79 Å². The topological polar surface area (TPSA) is 29.5 Å². The molecule has 17 heavy (non-hydrogen) atoms. The van der Waals surface area contributed by atoms with Crippen molar-refractivity contribution in [2.45, 2.75) is 39.5 Å². The molecule has 0 aromatic heterocycles. The smallest absolute Gasteiger partial charge is 0.331 e. The van der Waals surface area contributed by atoms with Crippen molar-refractivity contribution in [3.8, 4) is 0 Å². The van der Waals surface area contributed by atoms with E-state index in [2.05, 4.69) is 37.8 Å². The number of cyclic esters (lactones) is 1. The molecular formula is C14H17NO2. The van der Waals surface area contributed by atoms with Gasteiger partial charge in [0.25, 0.3) is 0 Å². The Balaban J connectivity index is 2.07. The van der Waals surface area contributed by atoms with Crippen LogP contribution in [0.1, 0.15) is 26.3 Å². The first-order valence-electron chi connectivity index (χ1n) is 6.05. The number of rotatable bonds is 0. The second kappa shape index (κ2) is 3.25. The predicted molar refractivity (Wildman–Crippen MR) is 65.7 cm³/mol. The van der Waals surface area contributed by atoms with Gasteiger partial charge in [0.1, 0.15) is 6.04 Å². The first-order valence-corrected chi connectivity index (χ1v) is 6.05. The summed E-state index contributed by atoms with van der Waals surface area (Å²) in [7, 11) is 0. The fourth-order valence-corrected chi connectivity index (χ4v) is 2.74. The second-order valence-electron chi connectivity index (χ2n) is 5.91. The highest BCUT2D eigenvalue weighted by Crippen LogP contribution is 2.43. The lowest BCUT2D eigenvalue weighted by Gasteiger charge is -2.33. The largest absolute Gasteiger partial charge is 0.439 e. The van der Waals surface area contributed by atoms with Crippen LogP contribution < -0.4 is 4.90 Å². The van der Waals surface area contributed by atoms with Gasteiger partial charge in [0.2, 0.25) is 0 Å². The van der Waals surface area contributed by atoms with Crippen molar-refractivity contribution in [1.29, 1.82) is 0 Å². The highest BCUT2D eigenvalue weighted by Gasteiger charge is 2.50. The number of carbonyl (C=O) groups excluding carboxylic acids is 1. The molecule has 2 atom stereocenters. The average molecular weight is 231 g/mol. The highest BCUT2D eigenvalue weighted by atomic mass is 16.6. The maximum atomic E-state index is 11.9. The van der Waals surface area contributed by atoms with Crippen molar-refractivity contribution in [3.63, 3.8) is 0 Å². The molecule has 90 valence electrons. The lowest BCUT2D eigenvalue weighted by atomic mass is 9.93. The number of benzene rings is 1. The third kappa shape index (κ3) is 1.45. The first-order chi connectivity index (χ1) is 7.98. The summed E-state index contributed by atoms with van der Waals surface area (Å²) in [5.41, 5.74) is 2.34. The van der Waals surface area contributed by atoms with Crippen LogP contribution in [0, 0.1) is 5.41 Å². The summed E-state index contributed by atoms with van der Waals surface area (Å²) in [4.78, 5) is 14.1. The molecule has 0 aliphatic carbocycles. The Morgan fingerprint density at radius 1 is 1.29 bits per heavy atom. The molecule has 1 aromatic rings. The summed E-state index contributed by atoms with van der Waals surface area (Å²) in [6.07, 6.45) is 0.630. The Labute approximate surface area is 101 Å². The lowest BCUT2D eigenvalue weighted by molar-refractivity contribution is -0.145. The van der Waals surface area contributed by atoms with Gasteiger partial charge in [-0.15, -0.1) is 0 Å². The number of nitrogens with zero attached hydrogens (tertiary/aromatic N) is 1. The number of carbonyl (C=O) groups is 1. The number of esters is 1. The van der Waals surface area contributed by atoms with Gasteiger partial charge in [-0.05, 0) is 11.6 Å². The minimum Gasteiger partial charge on any atom is -0.439 e. The van der Waals surface area contributed by atoms with Crippen molar-refractivity contribution in [3.05, 3.63) is 29.8 Å². The SMILES string of the molecule is CC(C)(C)C1OC(=O)C2Cc3ccccc3N21. The van der Waals surface area contributed by atoms with Crippen molar-refractivity contribution in [2.24, 2.45) is 5.41 Å². The van der Waals surface area contributed by atoms with Gasteiger partial charge in [0.05, 0.1) is 0 Å². The standard InChI is InChI=1S/C14H17NO2/c1-14(2,3)13-15-10-7-5-4-6-9(10)8-11(15)12(16)17-13/h4-7,11,13H,8H2,1-3H3. The Hall–Kier alpha value is -1.51. The van der Waals surface area contributed by atoms with Crippen LogP contribution in [0.25, 0.3) is 0 Å². The van der Waals surface area contributed by atoms with E-state index in [0.717, 1.165) is 12.1 Å². The fourth-order valence-electron chi connectivity index (χ4n) is 2.74. The number of hydrogen-bond acceptors (Lipinski definition) is 3. The molecule has 0 saturated carbocycles. The predicted octanol–water partition coefficient (Wildman–Crippen LogP) is 2.35. The molecule has 3 heteroatoms. The first kappa shape index (κ1) is 10.6. The number of hydrogen-bond donors (Lipinski definition) is 0. The second-order valence-corrected chi connectivity index (χ2v) is 5.91. The Morgan fingerprint density at radius 3 is 2.71 bits per heavy atom. The molecular weight excluding hydrogens is 214 g/mol. The van der Waals surface area contributed by atoms with Gasteiger partial charge in [-0.2, -0.15) is 0 Å². The Kier molecular flexibility index (Phi) is 2.03. The molecule has 2 aliphatic rings. The van der Waals surface area contributed by atoms with E-state index in [-0.39, 0.29) is 23.7 Å². The maximum absolute atomic E-state index is 11.9. The van der Waals surface area contributed by atoms with Gasteiger partial charge in [-0.3, -0.25) is 0 Å². The van der Waals surface area contributed by atoms with Crippen LogP contribution >= 0.6 is 0 Å². The van der Waals surface area contributed by atoms with Crippen LogP contribution in [-0.4, -0.2) is 18.2 Å². The molecule has 3 nitrogen and oxygen atoms in total. The van der Waals surface area contributed by atoms with Crippen LogP contribution in [0.15, 0.2) is 24.3 Å². The summed E-state index contributed by atoms with van der Waals surface area (Å²) in [6, 6.07) is 8.11. The van der Waals surface area contributed by atoms with Crippen LogP contribution in [0.3, 0.4) is 0 Å². The summed E-state index contributed by atoms with van der Waals surface area (Å²) in [5.74, 6) is -0.0823. The van der Waals surface area contributed by atoms with Crippen molar-refractivity contribution < 1.29 is 9.53 Å². The minimum atomic E-state index is -0.149.